The number of rotatable bonds is 1. The first-order valence-electron chi connectivity index (χ1n) is 2.53. The third-order valence-corrected chi connectivity index (χ3v) is 1.07. The Morgan fingerprint density at radius 3 is 2.62 bits per heavy atom. The van der Waals surface area contributed by atoms with Crippen molar-refractivity contribution in [1.29, 1.82) is 0 Å². The van der Waals surface area contributed by atoms with Crippen molar-refractivity contribution < 1.29 is 0 Å². The maximum Gasteiger partial charge on any atom is -0.0666 e. The highest BCUT2D eigenvalue weighted by molar-refractivity contribution is 5.66. The summed E-state index contributed by atoms with van der Waals surface area (Å²) < 4.78 is 0. The van der Waals surface area contributed by atoms with Gasteiger partial charge in [0.1, 0.15) is 0 Å². The van der Waals surface area contributed by atoms with Crippen LogP contribution in [-0.4, -0.2) is 0 Å². The summed E-state index contributed by atoms with van der Waals surface area (Å²) in [4.78, 5) is 0. The van der Waals surface area contributed by atoms with Crippen LogP contribution in [0.3, 0.4) is 0 Å². The Kier molecular flexibility index (Phi) is 1.25. The maximum atomic E-state index is 3.69. The average Bonchev–Trinajstić information content (AvgIpc) is 2.12. The van der Waals surface area contributed by atoms with E-state index in [1.165, 1.54) is 0 Å². The standard InChI is InChI=1S/C8H8/c1-7(2)8-5-3-4-6-8/h3-6H,1-2H2/q-1. The molecule has 0 bridgehead atoms. The van der Waals surface area contributed by atoms with Crippen LogP contribution in [0.2, 0.25) is 0 Å². The van der Waals surface area contributed by atoms with Gasteiger partial charge in [-0.2, -0.15) is 23.8 Å². The van der Waals surface area contributed by atoms with Crippen molar-refractivity contribution in [3.8, 4) is 0 Å². The summed E-state index contributed by atoms with van der Waals surface area (Å²) in [5.41, 5.74) is 2.01. The third-order valence-electron chi connectivity index (χ3n) is 1.07. The molecule has 0 fully saturated rings. The maximum absolute atomic E-state index is 3.69. The SMILES string of the molecule is [CH2]C(=C)c1ccc[cH-]1. The number of hydrogen-bond acceptors (Lipinski definition) is 0. The molecule has 0 amide bonds. The molecular formula is C8H8-. The molecule has 0 aliphatic carbocycles. The summed E-state index contributed by atoms with van der Waals surface area (Å²) in [6, 6.07) is 7.95. The van der Waals surface area contributed by atoms with Crippen LogP contribution in [-0.2, 0) is 0 Å². The molecule has 0 nitrogen and oxygen atoms in total. The number of hydrogen-bond donors (Lipinski definition) is 0. The summed E-state index contributed by atoms with van der Waals surface area (Å²) in [7, 11) is 0. The Labute approximate surface area is 49.8 Å². The fourth-order valence-electron chi connectivity index (χ4n) is 0.610. The van der Waals surface area contributed by atoms with Crippen LogP contribution in [0.4, 0.5) is 0 Å². The Bertz CT molecular complexity index is 168. The van der Waals surface area contributed by atoms with E-state index in [9.17, 15) is 0 Å². The molecule has 0 unspecified atom stereocenters. The Balaban J connectivity index is 2.93. The predicted molar refractivity (Wildman–Crippen MR) is 36.4 cm³/mol. The molecule has 0 atom stereocenters. The monoisotopic (exact) mass is 104 g/mol. The van der Waals surface area contributed by atoms with Gasteiger partial charge in [0.15, 0.2) is 0 Å². The van der Waals surface area contributed by atoms with Crippen LogP contribution < -0.4 is 0 Å². The lowest BCUT2D eigenvalue weighted by Gasteiger charge is -1.97. The third kappa shape index (κ3) is 0.836. The molecule has 1 radical (unpaired) electrons. The summed E-state index contributed by atoms with van der Waals surface area (Å²) >= 11 is 0. The lowest BCUT2D eigenvalue weighted by Crippen LogP contribution is -1.65. The largest absolute Gasteiger partial charge is 0.177 e. The number of allylic oxidation sites excluding steroid dienone is 1. The molecule has 1 rings (SSSR count). The van der Waals surface area contributed by atoms with E-state index in [1.807, 2.05) is 24.3 Å². The first kappa shape index (κ1) is 5.23. The summed E-state index contributed by atoms with van der Waals surface area (Å²) in [5.74, 6) is 0. The van der Waals surface area contributed by atoms with Gasteiger partial charge in [0, 0.05) is 0 Å². The molecule has 1 aromatic carbocycles. The predicted octanol–water partition coefficient (Wildman–Crippen LogP) is 2.25. The minimum absolute atomic E-state index is 0.884. The summed E-state index contributed by atoms with van der Waals surface area (Å²) in [6.45, 7) is 7.37. The first-order valence-corrected chi connectivity index (χ1v) is 2.53. The molecule has 1 aromatic rings. The Morgan fingerprint density at radius 2 is 2.38 bits per heavy atom. The fourth-order valence-corrected chi connectivity index (χ4v) is 0.610. The van der Waals surface area contributed by atoms with Gasteiger partial charge in [0.2, 0.25) is 0 Å². The minimum atomic E-state index is 0.884. The van der Waals surface area contributed by atoms with Gasteiger partial charge in [0.25, 0.3) is 0 Å². The minimum Gasteiger partial charge on any atom is -0.177 e. The molecule has 0 saturated carbocycles. The highest BCUT2D eigenvalue weighted by Crippen LogP contribution is 2.09. The molecule has 0 N–H and O–H groups in total. The zero-order valence-corrected chi connectivity index (χ0v) is 4.72. The van der Waals surface area contributed by atoms with Crippen LogP contribution >= 0.6 is 0 Å². The Hall–Kier alpha value is -0.910. The smallest absolute Gasteiger partial charge is 0.0666 e. The van der Waals surface area contributed by atoms with E-state index in [4.69, 9.17) is 0 Å². The fraction of sp³-hybridized carbons (Fsp3) is 0. The quantitative estimate of drug-likeness (QED) is 0.479. The van der Waals surface area contributed by atoms with E-state index in [2.05, 4.69) is 13.5 Å². The average molecular weight is 104 g/mol. The lowest BCUT2D eigenvalue weighted by molar-refractivity contribution is 1.80. The van der Waals surface area contributed by atoms with Gasteiger partial charge in [-0.25, -0.2) is 0 Å². The van der Waals surface area contributed by atoms with Crippen LogP contribution in [0, 0.1) is 6.92 Å². The van der Waals surface area contributed by atoms with Crippen molar-refractivity contribution >= 4 is 5.57 Å². The van der Waals surface area contributed by atoms with Crippen molar-refractivity contribution in [3.05, 3.63) is 43.3 Å². The van der Waals surface area contributed by atoms with Crippen LogP contribution in [0.1, 0.15) is 5.56 Å². The molecular weight excluding hydrogens is 96.1 g/mol. The molecule has 0 heterocycles. The molecule has 0 aliphatic rings. The second-order valence-electron chi connectivity index (χ2n) is 1.78. The zero-order valence-electron chi connectivity index (χ0n) is 4.72. The normalized spacial score (nSPS) is 9.12. The van der Waals surface area contributed by atoms with E-state index in [-0.39, 0.29) is 0 Å². The van der Waals surface area contributed by atoms with Crippen molar-refractivity contribution in [1.82, 2.24) is 0 Å². The molecule has 0 aromatic heterocycles. The molecule has 0 spiro atoms. The van der Waals surface area contributed by atoms with Crippen LogP contribution in [0.15, 0.2) is 30.8 Å². The van der Waals surface area contributed by atoms with Gasteiger partial charge in [-0.3, -0.25) is 0 Å². The molecule has 0 saturated heterocycles. The molecule has 8 heavy (non-hydrogen) atoms. The molecule has 0 heteroatoms. The first-order chi connectivity index (χ1) is 3.80. The summed E-state index contributed by atoms with van der Waals surface area (Å²) in [5, 5.41) is 0. The van der Waals surface area contributed by atoms with Gasteiger partial charge in [0.05, 0.1) is 0 Å². The van der Waals surface area contributed by atoms with Gasteiger partial charge in [-0.05, 0) is 0 Å². The lowest BCUT2D eigenvalue weighted by atomic mass is 10.2. The van der Waals surface area contributed by atoms with E-state index in [0.717, 1.165) is 11.1 Å². The zero-order chi connectivity index (χ0) is 5.98. The van der Waals surface area contributed by atoms with Gasteiger partial charge < -0.3 is 0 Å². The van der Waals surface area contributed by atoms with Gasteiger partial charge in [-0.1, -0.05) is 6.92 Å². The van der Waals surface area contributed by atoms with Crippen molar-refractivity contribution in [2.75, 3.05) is 0 Å². The van der Waals surface area contributed by atoms with E-state index in [1.54, 1.807) is 0 Å². The second-order valence-corrected chi connectivity index (χ2v) is 1.78. The van der Waals surface area contributed by atoms with Crippen molar-refractivity contribution in [2.45, 2.75) is 0 Å². The van der Waals surface area contributed by atoms with E-state index >= 15 is 0 Å². The van der Waals surface area contributed by atoms with Crippen molar-refractivity contribution in [2.24, 2.45) is 0 Å². The molecule has 41 valence electrons. The highest BCUT2D eigenvalue weighted by atomic mass is 13.9. The van der Waals surface area contributed by atoms with Crippen LogP contribution in [0.25, 0.3) is 5.57 Å². The second kappa shape index (κ2) is 1.91. The van der Waals surface area contributed by atoms with Gasteiger partial charge >= 0.3 is 0 Å². The van der Waals surface area contributed by atoms with E-state index in [0.29, 0.717) is 0 Å². The van der Waals surface area contributed by atoms with Crippen molar-refractivity contribution in [3.63, 3.8) is 0 Å². The van der Waals surface area contributed by atoms with E-state index < -0.39 is 0 Å². The highest BCUT2D eigenvalue weighted by Gasteiger charge is 1.77. The molecule has 0 aliphatic heterocycles. The summed E-state index contributed by atoms with van der Waals surface area (Å²) in [6.07, 6.45) is 0. The topological polar surface area (TPSA) is 0 Å². The van der Waals surface area contributed by atoms with Crippen LogP contribution in [0.5, 0.6) is 0 Å². The van der Waals surface area contributed by atoms with Gasteiger partial charge in [-0.15, -0.1) is 18.2 Å². The Morgan fingerprint density at radius 1 is 1.62 bits per heavy atom.